The van der Waals surface area contributed by atoms with Gasteiger partial charge in [-0.3, -0.25) is 0 Å². The summed E-state index contributed by atoms with van der Waals surface area (Å²) in [6.07, 6.45) is 1.64. The topological polar surface area (TPSA) is 50.7 Å². The summed E-state index contributed by atoms with van der Waals surface area (Å²) >= 11 is 5.83. The van der Waals surface area contributed by atoms with Crippen molar-refractivity contribution < 1.29 is 18.8 Å². The fraction of sp³-hybridized carbons (Fsp3) is 0.500. The van der Waals surface area contributed by atoms with E-state index in [9.17, 15) is 9.50 Å². The molecule has 1 fully saturated rings. The van der Waals surface area contributed by atoms with Gasteiger partial charge in [0.25, 0.3) is 0 Å². The lowest BCUT2D eigenvalue weighted by molar-refractivity contribution is 0.00578. The molecule has 0 aliphatic carbocycles. The number of likely N-dealkylation sites (N-methyl/N-ethyl adjacent to an activating group) is 1. The highest BCUT2D eigenvalue weighted by Crippen LogP contribution is 2.39. The molecule has 2 N–H and O–H groups in total. The second-order valence-corrected chi connectivity index (χ2v) is 7.07. The van der Waals surface area contributed by atoms with Gasteiger partial charge in [-0.15, -0.1) is 0 Å². The molecule has 1 aromatic rings. The molecule has 126 valence electrons. The van der Waals surface area contributed by atoms with Crippen molar-refractivity contribution in [3.05, 3.63) is 34.0 Å². The lowest BCUT2D eigenvalue weighted by Crippen LogP contribution is -2.41. The van der Waals surface area contributed by atoms with Crippen LogP contribution in [0, 0.1) is 5.82 Å². The van der Waals surface area contributed by atoms with Crippen LogP contribution in [0.15, 0.2) is 17.6 Å². The van der Waals surface area contributed by atoms with Crippen molar-refractivity contribution in [1.29, 1.82) is 0 Å². The molecule has 1 saturated heterocycles. The highest BCUT2D eigenvalue weighted by atomic mass is 35.5. The number of aromatic hydroxyl groups is 1. The summed E-state index contributed by atoms with van der Waals surface area (Å²) in [7, 11) is 1.20. The lowest BCUT2D eigenvalue weighted by Gasteiger charge is -2.32. The first-order chi connectivity index (χ1) is 10.6. The van der Waals surface area contributed by atoms with Crippen LogP contribution in [0.4, 0.5) is 4.39 Å². The Hall–Kier alpha value is -1.08. The van der Waals surface area contributed by atoms with Gasteiger partial charge >= 0.3 is 7.12 Å². The van der Waals surface area contributed by atoms with Crippen LogP contribution in [0.2, 0.25) is 5.02 Å². The second kappa shape index (κ2) is 6.44. The third-order valence-corrected chi connectivity index (χ3v) is 4.62. The summed E-state index contributed by atoms with van der Waals surface area (Å²) in [5.41, 5.74) is 0.0659. The van der Waals surface area contributed by atoms with Crippen molar-refractivity contribution in [3.8, 4) is 5.75 Å². The zero-order valence-electron chi connectivity index (χ0n) is 14.0. The first-order valence-electron chi connectivity index (χ1n) is 7.46. The summed E-state index contributed by atoms with van der Waals surface area (Å²) in [6.45, 7) is 8.30. The predicted molar refractivity (Wildman–Crippen MR) is 91.1 cm³/mol. The molecule has 23 heavy (non-hydrogen) atoms. The van der Waals surface area contributed by atoms with E-state index in [0.29, 0.717) is 6.54 Å². The summed E-state index contributed by atoms with van der Waals surface area (Å²) in [5, 5.41) is 13.0. The third kappa shape index (κ3) is 3.71. The van der Waals surface area contributed by atoms with Gasteiger partial charge in [0.15, 0.2) is 0 Å². The Bertz CT molecular complexity index is 618. The fourth-order valence-electron chi connectivity index (χ4n) is 2.30. The van der Waals surface area contributed by atoms with Crippen LogP contribution in [0.25, 0.3) is 6.08 Å². The number of halogens is 2. The summed E-state index contributed by atoms with van der Waals surface area (Å²) < 4.78 is 25.6. The van der Waals surface area contributed by atoms with E-state index >= 15 is 0 Å². The number of benzene rings is 1. The smallest absolute Gasteiger partial charge is 0.491 e. The minimum absolute atomic E-state index is 0.0334. The van der Waals surface area contributed by atoms with Gasteiger partial charge in [0, 0.05) is 12.1 Å². The molecule has 1 aromatic carbocycles. The monoisotopic (exact) mass is 341 g/mol. The van der Waals surface area contributed by atoms with Crippen molar-refractivity contribution in [1.82, 2.24) is 5.32 Å². The normalized spacial score (nSPS) is 20.1. The quantitative estimate of drug-likeness (QED) is 0.824. The fourth-order valence-corrected chi connectivity index (χ4v) is 2.51. The molecule has 1 aliphatic heterocycles. The number of phenolic OH excluding ortho intramolecular Hbond substituents is 1. The summed E-state index contributed by atoms with van der Waals surface area (Å²) in [6, 6.07) is 2.29. The second-order valence-electron chi connectivity index (χ2n) is 6.66. The maximum absolute atomic E-state index is 13.6. The van der Waals surface area contributed by atoms with Crippen LogP contribution >= 0.6 is 11.6 Å². The van der Waals surface area contributed by atoms with E-state index in [-0.39, 0.29) is 16.3 Å². The Balaban J connectivity index is 2.40. The van der Waals surface area contributed by atoms with Crippen LogP contribution in [-0.4, -0.2) is 37.0 Å². The molecule has 1 aliphatic rings. The van der Waals surface area contributed by atoms with E-state index in [2.05, 4.69) is 5.32 Å². The number of hydrogen-bond acceptors (Lipinski definition) is 4. The SMILES string of the molecule is CNCC(=Cc1cc(F)cc(Cl)c1O)B1OC(C)(C)C(C)(C)O1. The van der Waals surface area contributed by atoms with Crippen LogP contribution < -0.4 is 5.32 Å². The molecule has 0 bridgehead atoms. The third-order valence-electron chi connectivity index (χ3n) is 4.34. The number of hydrogen-bond donors (Lipinski definition) is 2. The zero-order valence-corrected chi connectivity index (χ0v) is 14.8. The first kappa shape index (κ1) is 18.3. The maximum atomic E-state index is 13.6. The molecule has 2 rings (SSSR count). The van der Waals surface area contributed by atoms with Crippen molar-refractivity contribution in [2.45, 2.75) is 38.9 Å². The molecule has 1 heterocycles. The van der Waals surface area contributed by atoms with Gasteiger partial charge in [-0.25, -0.2) is 4.39 Å². The average molecular weight is 342 g/mol. The minimum Gasteiger partial charge on any atom is -0.506 e. The summed E-state index contributed by atoms with van der Waals surface area (Å²) in [5.74, 6) is -0.685. The van der Waals surface area contributed by atoms with Crippen LogP contribution in [0.3, 0.4) is 0 Å². The molecule has 0 radical (unpaired) electrons. The van der Waals surface area contributed by atoms with E-state index in [4.69, 9.17) is 20.9 Å². The zero-order chi connectivity index (χ0) is 17.4. The number of rotatable bonds is 4. The van der Waals surface area contributed by atoms with E-state index in [1.165, 1.54) is 6.07 Å². The molecule has 0 spiro atoms. The van der Waals surface area contributed by atoms with Gasteiger partial charge in [0.2, 0.25) is 0 Å². The Morgan fingerprint density at radius 2 is 1.87 bits per heavy atom. The standard InChI is InChI=1S/C16H22BClFNO3/c1-15(2)16(3,4)23-17(22-15)11(9-20-5)6-10-7-12(19)8-13(18)14(10)21/h6-8,20-21H,9H2,1-5H3. The molecule has 0 saturated carbocycles. The summed E-state index contributed by atoms with van der Waals surface area (Å²) in [4.78, 5) is 0. The van der Waals surface area contributed by atoms with Crippen molar-refractivity contribution in [3.63, 3.8) is 0 Å². The van der Waals surface area contributed by atoms with Crippen molar-refractivity contribution in [2.75, 3.05) is 13.6 Å². The first-order valence-corrected chi connectivity index (χ1v) is 7.84. The molecule has 4 nitrogen and oxygen atoms in total. The molecule has 0 amide bonds. The molecule has 0 aromatic heterocycles. The van der Waals surface area contributed by atoms with E-state index in [1.54, 1.807) is 13.1 Å². The Kier molecular flexibility index (Phi) is 5.11. The van der Waals surface area contributed by atoms with Gasteiger partial charge in [-0.1, -0.05) is 17.7 Å². The van der Waals surface area contributed by atoms with Gasteiger partial charge in [0.05, 0.1) is 16.2 Å². The van der Waals surface area contributed by atoms with E-state index < -0.39 is 24.1 Å². The van der Waals surface area contributed by atoms with Gasteiger partial charge in [-0.05, 0) is 52.3 Å². The molecular weight excluding hydrogens is 319 g/mol. The Morgan fingerprint density at radius 1 is 1.30 bits per heavy atom. The van der Waals surface area contributed by atoms with E-state index in [1.807, 2.05) is 27.7 Å². The minimum atomic E-state index is -0.589. The highest BCUT2D eigenvalue weighted by molar-refractivity contribution is 6.56. The van der Waals surface area contributed by atoms with Gasteiger partial charge < -0.3 is 19.7 Å². The molecular formula is C16H22BClFNO3. The van der Waals surface area contributed by atoms with Crippen LogP contribution in [0.1, 0.15) is 33.3 Å². The van der Waals surface area contributed by atoms with Gasteiger partial charge in [0.1, 0.15) is 11.6 Å². The maximum Gasteiger partial charge on any atom is 0.491 e. The highest BCUT2D eigenvalue weighted by Gasteiger charge is 2.52. The van der Waals surface area contributed by atoms with Crippen LogP contribution in [-0.2, 0) is 9.31 Å². The van der Waals surface area contributed by atoms with Crippen LogP contribution in [0.5, 0.6) is 5.75 Å². The van der Waals surface area contributed by atoms with Crippen molar-refractivity contribution in [2.24, 2.45) is 0 Å². The Labute approximate surface area is 141 Å². The lowest BCUT2D eigenvalue weighted by atomic mass is 9.77. The van der Waals surface area contributed by atoms with Crippen molar-refractivity contribution >= 4 is 24.8 Å². The average Bonchev–Trinajstić information content (AvgIpc) is 2.63. The molecule has 7 heteroatoms. The molecule has 0 atom stereocenters. The Morgan fingerprint density at radius 3 is 2.39 bits per heavy atom. The number of phenols is 1. The largest absolute Gasteiger partial charge is 0.506 e. The predicted octanol–water partition coefficient (Wildman–Crippen LogP) is 3.42. The van der Waals surface area contributed by atoms with E-state index in [0.717, 1.165) is 11.5 Å². The van der Waals surface area contributed by atoms with Gasteiger partial charge in [-0.2, -0.15) is 0 Å². The number of nitrogens with one attached hydrogen (secondary N) is 1. The molecule has 0 unspecified atom stereocenters.